The zero-order valence-corrected chi connectivity index (χ0v) is 17.4. The number of rotatable bonds is 5. The van der Waals surface area contributed by atoms with Crippen LogP contribution in [-0.4, -0.2) is 41.9 Å². The molecule has 1 aliphatic heterocycles. The second kappa shape index (κ2) is 9.84. The summed E-state index contributed by atoms with van der Waals surface area (Å²) in [4.78, 5) is 17.6. The lowest BCUT2D eigenvalue weighted by atomic mass is 9.90. The Morgan fingerprint density at radius 2 is 1.45 bits per heavy atom. The van der Waals surface area contributed by atoms with Gasteiger partial charge < -0.3 is 4.90 Å². The molecule has 0 aromatic heterocycles. The Balaban J connectivity index is 1.49. The summed E-state index contributed by atoms with van der Waals surface area (Å²) in [5.41, 5.74) is 2.30. The van der Waals surface area contributed by atoms with E-state index in [1.807, 2.05) is 65.6 Å². The fraction of sp³-hybridized carbons (Fsp3) is 0.269. The molecule has 0 atom stereocenters. The highest BCUT2D eigenvalue weighted by Crippen LogP contribution is 2.27. The van der Waals surface area contributed by atoms with E-state index in [-0.39, 0.29) is 11.8 Å². The van der Waals surface area contributed by atoms with Gasteiger partial charge >= 0.3 is 0 Å². The number of nitrogens with zero attached hydrogens (tertiary/aromatic N) is 2. The third-order valence-electron chi connectivity index (χ3n) is 5.81. The zero-order chi connectivity index (χ0) is 21.6. The molecular formula is C26H26F2N2O. The molecule has 3 nitrogen and oxygen atoms in total. The van der Waals surface area contributed by atoms with Crippen molar-refractivity contribution in [2.75, 3.05) is 26.2 Å². The van der Waals surface area contributed by atoms with E-state index in [2.05, 4.69) is 4.90 Å². The van der Waals surface area contributed by atoms with E-state index in [0.29, 0.717) is 31.7 Å². The topological polar surface area (TPSA) is 23.6 Å². The van der Waals surface area contributed by atoms with E-state index in [1.54, 1.807) is 0 Å². The van der Waals surface area contributed by atoms with Crippen molar-refractivity contribution in [3.8, 4) is 0 Å². The summed E-state index contributed by atoms with van der Waals surface area (Å²) < 4.78 is 27.6. The second-order valence-corrected chi connectivity index (χ2v) is 7.95. The SMILES string of the molecule is O=C(C(c1ccccc1)c1ccccc1)N1CCCN(Cc2cc(F)ccc2F)CC1. The largest absolute Gasteiger partial charge is 0.341 e. The third-order valence-corrected chi connectivity index (χ3v) is 5.81. The molecule has 5 heteroatoms. The lowest BCUT2D eigenvalue weighted by Gasteiger charge is -2.27. The van der Waals surface area contributed by atoms with E-state index in [4.69, 9.17) is 0 Å². The lowest BCUT2D eigenvalue weighted by Crippen LogP contribution is -2.38. The number of carbonyl (C=O) groups is 1. The van der Waals surface area contributed by atoms with Gasteiger partial charge in [0.15, 0.2) is 0 Å². The first-order valence-corrected chi connectivity index (χ1v) is 10.7. The van der Waals surface area contributed by atoms with Gasteiger partial charge in [-0.05, 0) is 35.7 Å². The summed E-state index contributed by atoms with van der Waals surface area (Å²) in [6, 6.07) is 23.2. The predicted molar refractivity (Wildman–Crippen MR) is 118 cm³/mol. The Morgan fingerprint density at radius 1 is 0.806 bits per heavy atom. The quantitative estimate of drug-likeness (QED) is 0.590. The summed E-state index contributed by atoms with van der Waals surface area (Å²) in [5, 5.41) is 0. The van der Waals surface area contributed by atoms with Crippen molar-refractivity contribution in [3.05, 3.63) is 107 Å². The molecule has 3 aromatic carbocycles. The Hall–Kier alpha value is -3.05. The molecule has 0 aliphatic carbocycles. The van der Waals surface area contributed by atoms with Crippen LogP contribution in [0.3, 0.4) is 0 Å². The Kier molecular flexibility index (Phi) is 6.73. The van der Waals surface area contributed by atoms with Crippen LogP contribution >= 0.6 is 0 Å². The molecule has 4 rings (SSSR count). The molecule has 0 spiro atoms. The summed E-state index contributed by atoms with van der Waals surface area (Å²) in [5.74, 6) is -1.10. The Bertz CT molecular complexity index is 971. The van der Waals surface area contributed by atoms with Crippen LogP contribution in [0.5, 0.6) is 0 Å². The van der Waals surface area contributed by atoms with Gasteiger partial charge in [-0.15, -0.1) is 0 Å². The molecule has 1 aliphatic rings. The van der Waals surface area contributed by atoms with E-state index < -0.39 is 11.6 Å². The van der Waals surface area contributed by atoms with Gasteiger partial charge in [0, 0.05) is 38.3 Å². The third kappa shape index (κ3) is 5.17. The van der Waals surface area contributed by atoms with Crippen molar-refractivity contribution in [2.45, 2.75) is 18.9 Å². The first-order valence-electron chi connectivity index (χ1n) is 10.7. The van der Waals surface area contributed by atoms with E-state index in [9.17, 15) is 13.6 Å². The van der Waals surface area contributed by atoms with Crippen LogP contribution in [0.25, 0.3) is 0 Å². The van der Waals surface area contributed by atoms with Crippen LogP contribution in [0.4, 0.5) is 8.78 Å². The average molecular weight is 421 g/mol. The first-order chi connectivity index (χ1) is 15.1. The van der Waals surface area contributed by atoms with Gasteiger partial charge in [0.05, 0.1) is 5.92 Å². The molecule has 0 radical (unpaired) electrons. The molecule has 3 aromatic rings. The van der Waals surface area contributed by atoms with Crippen LogP contribution < -0.4 is 0 Å². The molecule has 1 amide bonds. The number of carbonyl (C=O) groups excluding carboxylic acids is 1. The summed E-state index contributed by atoms with van der Waals surface area (Å²) in [7, 11) is 0. The van der Waals surface area contributed by atoms with Crippen molar-refractivity contribution in [2.24, 2.45) is 0 Å². The molecule has 160 valence electrons. The Labute approximate surface area is 181 Å². The first kappa shape index (κ1) is 21.2. The molecule has 0 N–H and O–H groups in total. The van der Waals surface area contributed by atoms with Gasteiger partial charge in [-0.2, -0.15) is 0 Å². The maximum absolute atomic E-state index is 14.1. The van der Waals surface area contributed by atoms with Crippen molar-refractivity contribution in [1.82, 2.24) is 9.80 Å². The van der Waals surface area contributed by atoms with Crippen molar-refractivity contribution < 1.29 is 13.6 Å². The standard InChI is InChI=1S/C26H26F2N2O/c27-23-12-13-24(28)22(18-23)19-29-14-7-15-30(17-16-29)26(31)25(20-8-3-1-4-9-20)21-10-5-2-6-11-21/h1-6,8-13,18,25H,7,14-17,19H2. The van der Waals surface area contributed by atoms with Gasteiger partial charge in [0.2, 0.25) is 5.91 Å². The van der Waals surface area contributed by atoms with Crippen LogP contribution in [0.15, 0.2) is 78.9 Å². The number of hydrogen-bond acceptors (Lipinski definition) is 2. The highest BCUT2D eigenvalue weighted by molar-refractivity contribution is 5.87. The number of halogens is 2. The Morgan fingerprint density at radius 3 is 2.10 bits per heavy atom. The fourth-order valence-corrected chi connectivity index (χ4v) is 4.21. The molecule has 0 saturated carbocycles. The molecule has 31 heavy (non-hydrogen) atoms. The molecule has 0 bridgehead atoms. The molecule has 1 heterocycles. The van der Waals surface area contributed by atoms with Gasteiger partial charge in [0.25, 0.3) is 0 Å². The van der Waals surface area contributed by atoms with Crippen molar-refractivity contribution in [3.63, 3.8) is 0 Å². The lowest BCUT2D eigenvalue weighted by molar-refractivity contribution is -0.131. The van der Waals surface area contributed by atoms with Crippen LogP contribution in [0.2, 0.25) is 0 Å². The maximum Gasteiger partial charge on any atom is 0.234 e. The second-order valence-electron chi connectivity index (χ2n) is 7.95. The zero-order valence-electron chi connectivity index (χ0n) is 17.4. The number of benzene rings is 3. The summed E-state index contributed by atoms with van der Waals surface area (Å²) in [6.45, 7) is 2.91. The van der Waals surface area contributed by atoms with Gasteiger partial charge in [-0.1, -0.05) is 60.7 Å². The smallest absolute Gasteiger partial charge is 0.234 e. The van der Waals surface area contributed by atoms with E-state index in [1.165, 1.54) is 12.1 Å². The summed E-state index contributed by atoms with van der Waals surface area (Å²) in [6.07, 6.45) is 0.791. The van der Waals surface area contributed by atoms with E-state index in [0.717, 1.165) is 30.2 Å². The van der Waals surface area contributed by atoms with E-state index >= 15 is 0 Å². The minimum Gasteiger partial charge on any atom is -0.341 e. The minimum atomic E-state index is -0.434. The molecule has 1 fully saturated rings. The van der Waals surface area contributed by atoms with Crippen molar-refractivity contribution in [1.29, 1.82) is 0 Å². The van der Waals surface area contributed by atoms with Crippen LogP contribution in [0.1, 0.15) is 29.0 Å². The predicted octanol–water partition coefficient (Wildman–Crippen LogP) is 4.83. The van der Waals surface area contributed by atoms with Crippen molar-refractivity contribution >= 4 is 5.91 Å². The number of amides is 1. The van der Waals surface area contributed by atoms with Crippen LogP contribution in [0, 0.1) is 11.6 Å². The molecule has 1 saturated heterocycles. The number of hydrogen-bond donors (Lipinski definition) is 0. The fourth-order valence-electron chi connectivity index (χ4n) is 4.21. The monoisotopic (exact) mass is 420 g/mol. The van der Waals surface area contributed by atoms with Gasteiger partial charge in [-0.25, -0.2) is 8.78 Å². The van der Waals surface area contributed by atoms with Gasteiger partial charge in [0.1, 0.15) is 11.6 Å². The van der Waals surface area contributed by atoms with Crippen LogP contribution in [-0.2, 0) is 11.3 Å². The molecular weight excluding hydrogens is 394 g/mol. The van der Waals surface area contributed by atoms with Gasteiger partial charge in [-0.3, -0.25) is 9.69 Å². The average Bonchev–Trinajstić information content (AvgIpc) is 3.03. The highest BCUT2D eigenvalue weighted by atomic mass is 19.1. The minimum absolute atomic E-state index is 0.0798. The normalized spacial score (nSPS) is 15.1. The highest BCUT2D eigenvalue weighted by Gasteiger charge is 2.29. The maximum atomic E-state index is 14.1. The summed E-state index contributed by atoms with van der Waals surface area (Å²) >= 11 is 0. The molecule has 0 unspecified atom stereocenters.